The third-order valence-electron chi connectivity index (χ3n) is 2.92. The van der Waals surface area contributed by atoms with Crippen molar-refractivity contribution < 1.29 is 14.7 Å². The Morgan fingerprint density at radius 3 is 2.56 bits per heavy atom. The molecule has 6 nitrogen and oxygen atoms in total. The molecule has 2 N–H and O–H groups in total. The second-order valence-electron chi connectivity index (χ2n) is 4.58. The van der Waals surface area contributed by atoms with Gasteiger partial charge in [0.2, 0.25) is 5.91 Å². The number of carboxylic acid groups (broad SMARTS) is 1. The fourth-order valence-electron chi connectivity index (χ4n) is 1.72. The molecule has 1 aliphatic carbocycles. The zero-order valence-electron chi connectivity index (χ0n) is 10.3. The molecule has 96 valence electrons. The molecule has 0 aromatic carbocycles. The van der Waals surface area contributed by atoms with Crippen LogP contribution in [0, 0.1) is 11.8 Å². The van der Waals surface area contributed by atoms with Crippen LogP contribution in [0.2, 0.25) is 0 Å². The van der Waals surface area contributed by atoms with Crippen molar-refractivity contribution in [1.82, 2.24) is 4.98 Å². The number of aliphatic carboxylic acids is 1. The molecule has 0 radical (unpaired) electrons. The number of pyridine rings is 1. The Morgan fingerprint density at radius 2 is 2.11 bits per heavy atom. The minimum atomic E-state index is -0.906. The molecule has 0 spiro atoms. The third-order valence-corrected chi connectivity index (χ3v) is 2.92. The van der Waals surface area contributed by atoms with E-state index in [1.54, 1.807) is 18.3 Å². The highest BCUT2D eigenvalue weighted by Crippen LogP contribution is 2.39. The van der Waals surface area contributed by atoms with Gasteiger partial charge in [-0.1, -0.05) is 0 Å². The average molecular weight is 249 g/mol. The van der Waals surface area contributed by atoms with E-state index < -0.39 is 17.8 Å². The molecule has 1 fully saturated rings. The number of hydrogen-bond acceptors (Lipinski definition) is 4. The summed E-state index contributed by atoms with van der Waals surface area (Å²) >= 11 is 0. The summed E-state index contributed by atoms with van der Waals surface area (Å²) in [5.41, 5.74) is 0.585. The lowest BCUT2D eigenvalue weighted by Crippen LogP contribution is -2.17. The minimum Gasteiger partial charge on any atom is -0.481 e. The van der Waals surface area contributed by atoms with Crippen molar-refractivity contribution in [3.63, 3.8) is 0 Å². The normalized spacial score (nSPS) is 21.2. The van der Waals surface area contributed by atoms with Gasteiger partial charge in [0.1, 0.15) is 5.82 Å². The standard InChI is InChI=1S/C12H15N3O3/c1-15(2)10-4-3-7(6-13-10)14-11(16)8-5-9(8)12(17)18/h3-4,6,8-9H,5H2,1-2H3,(H,14,16)(H,17,18)/t8-,9+/m1/s1. The molecular weight excluding hydrogens is 234 g/mol. The Labute approximate surface area is 105 Å². The first kappa shape index (κ1) is 12.3. The van der Waals surface area contributed by atoms with Gasteiger partial charge in [-0.15, -0.1) is 0 Å². The topological polar surface area (TPSA) is 82.5 Å². The molecule has 1 saturated carbocycles. The number of amides is 1. The molecule has 1 aliphatic rings. The molecule has 0 saturated heterocycles. The summed E-state index contributed by atoms with van der Waals surface area (Å²) in [5, 5.41) is 11.4. The first-order valence-electron chi connectivity index (χ1n) is 5.66. The molecule has 1 aromatic rings. The number of carboxylic acids is 1. The van der Waals surface area contributed by atoms with Crippen LogP contribution in [-0.4, -0.2) is 36.1 Å². The van der Waals surface area contributed by atoms with Gasteiger partial charge in [0.05, 0.1) is 23.7 Å². The molecule has 0 unspecified atom stereocenters. The second kappa shape index (κ2) is 4.64. The lowest BCUT2D eigenvalue weighted by atomic mass is 10.3. The maximum atomic E-state index is 11.7. The predicted molar refractivity (Wildman–Crippen MR) is 66.4 cm³/mol. The number of anilines is 2. The number of aromatic nitrogens is 1. The van der Waals surface area contributed by atoms with Gasteiger partial charge in [0, 0.05) is 14.1 Å². The van der Waals surface area contributed by atoms with E-state index in [2.05, 4.69) is 10.3 Å². The fraction of sp³-hybridized carbons (Fsp3) is 0.417. The summed E-state index contributed by atoms with van der Waals surface area (Å²) < 4.78 is 0. The Balaban J connectivity index is 1.94. The number of nitrogens with one attached hydrogen (secondary N) is 1. The molecule has 1 heterocycles. The summed E-state index contributed by atoms with van der Waals surface area (Å²) in [6.07, 6.45) is 1.98. The molecule has 0 aliphatic heterocycles. The van der Waals surface area contributed by atoms with E-state index in [0.29, 0.717) is 12.1 Å². The van der Waals surface area contributed by atoms with E-state index in [9.17, 15) is 9.59 Å². The first-order chi connectivity index (χ1) is 8.49. The van der Waals surface area contributed by atoms with Crippen molar-refractivity contribution in [1.29, 1.82) is 0 Å². The lowest BCUT2D eigenvalue weighted by molar-refractivity contribution is -0.139. The van der Waals surface area contributed by atoms with E-state index in [4.69, 9.17) is 5.11 Å². The zero-order chi connectivity index (χ0) is 13.3. The highest BCUT2D eigenvalue weighted by Gasteiger charge is 2.48. The molecule has 18 heavy (non-hydrogen) atoms. The second-order valence-corrected chi connectivity index (χ2v) is 4.58. The number of hydrogen-bond donors (Lipinski definition) is 2. The highest BCUT2D eigenvalue weighted by molar-refractivity contribution is 5.98. The van der Waals surface area contributed by atoms with E-state index >= 15 is 0 Å². The van der Waals surface area contributed by atoms with Crippen LogP contribution >= 0.6 is 0 Å². The SMILES string of the molecule is CN(C)c1ccc(NC(=O)[C@@H]2C[C@@H]2C(=O)O)cn1. The van der Waals surface area contributed by atoms with Crippen LogP contribution in [0.5, 0.6) is 0 Å². The number of rotatable bonds is 4. The molecule has 2 atom stereocenters. The van der Waals surface area contributed by atoms with Gasteiger partial charge in [0.15, 0.2) is 0 Å². The summed E-state index contributed by atoms with van der Waals surface area (Å²) in [6, 6.07) is 3.54. The van der Waals surface area contributed by atoms with Gasteiger partial charge < -0.3 is 15.3 Å². The Hall–Kier alpha value is -2.11. The smallest absolute Gasteiger partial charge is 0.307 e. The Kier molecular flexibility index (Phi) is 3.18. The molecule has 6 heteroatoms. The number of carbonyl (C=O) groups excluding carboxylic acids is 1. The molecule has 0 bridgehead atoms. The van der Waals surface area contributed by atoms with Crippen LogP contribution in [0.15, 0.2) is 18.3 Å². The highest BCUT2D eigenvalue weighted by atomic mass is 16.4. The summed E-state index contributed by atoms with van der Waals surface area (Å²) in [7, 11) is 3.75. The van der Waals surface area contributed by atoms with Crippen molar-refractivity contribution in [2.24, 2.45) is 11.8 Å². The van der Waals surface area contributed by atoms with Crippen molar-refractivity contribution >= 4 is 23.4 Å². The van der Waals surface area contributed by atoms with Crippen LogP contribution in [0.4, 0.5) is 11.5 Å². The number of carbonyl (C=O) groups is 2. The van der Waals surface area contributed by atoms with Gasteiger partial charge in [-0.3, -0.25) is 9.59 Å². The van der Waals surface area contributed by atoms with Gasteiger partial charge in [0.25, 0.3) is 0 Å². The fourth-order valence-corrected chi connectivity index (χ4v) is 1.72. The summed E-state index contributed by atoms with van der Waals surface area (Å²) in [5.74, 6) is -1.30. The molecule has 1 amide bonds. The van der Waals surface area contributed by atoms with E-state index in [1.165, 1.54) is 0 Å². The third kappa shape index (κ3) is 2.58. The quantitative estimate of drug-likeness (QED) is 0.825. The monoisotopic (exact) mass is 249 g/mol. The minimum absolute atomic E-state index is 0.248. The number of nitrogens with zero attached hydrogens (tertiary/aromatic N) is 2. The van der Waals surface area contributed by atoms with Gasteiger partial charge in [-0.25, -0.2) is 4.98 Å². The maximum absolute atomic E-state index is 11.7. The molecule has 2 rings (SSSR count). The van der Waals surface area contributed by atoms with Crippen molar-refractivity contribution in [2.75, 3.05) is 24.3 Å². The summed E-state index contributed by atoms with van der Waals surface area (Å²) in [6.45, 7) is 0. The lowest BCUT2D eigenvalue weighted by Gasteiger charge is -2.11. The Morgan fingerprint density at radius 1 is 1.39 bits per heavy atom. The van der Waals surface area contributed by atoms with Crippen LogP contribution in [0.25, 0.3) is 0 Å². The van der Waals surface area contributed by atoms with Crippen molar-refractivity contribution in [2.45, 2.75) is 6.42 Å². The zero-order valence-corrected chi connectivity index (χ0v) is 10.3. The molecule has 1 aromatic heterocycles. The van der Waals surface area contributed by atoms with Gasteiger partial charge >= 0.3 is 5.97 Å². The van der Waals surface area contributed by atoms with Crippen molar-refractivity contribution in [3.05, 3.63) is 18.3 Å². The van der Waals surface area contributed by atoms with Crippen LogP contribution in [-0.2, 0) is 9.59 Å². The maximum Gasteiger partial charge on any atom is 0.307 e. The molecular formula is C12H15N3O3. The first-order valence-corrected chi connectivity index (χ1v) is 5.66. The van der Waals surface area contributed by atoms with Crippen LogP contribution in [0.1, 0.15) is 6.42 Å². The Bertz CT molecular complexity index is 470. The van der Waals surface area contributed by atoms with Gasteiger partial charge in [-0.05, 0) is 18.6 Å². The van der Waals surface area contributed by atoms with E-state index in [0.717, 1.165) is 5.82 Å². The van der Waals surface area contributed by atoms with Gasteiger partial charge in [-0.2, -0.15) is 0 Å². The summed E-state index contributed by atoms with van der Waals surface area (Å²) in [4.78, 5) is 28.4. The van der Waals surface area contributed by atoms with Crippen molar-refractivity contribution in [3.8, 4) is 0 Å². The van der Waals surface area contributed by atoms with E-state index in [1.807, 2.05) is 19.0 Å². The largest absolute Gasteiger partial charge is 0.481 e. The van der Waals surface area contributed by atoms with Crippen LogP contribution < -0.4 is 10.2 Å². The predicted octanol–water partition coefficient (Wildman–Crippen LogP) is 0.807. The van der Waals surface area contributed by atoms with Crippen LogP contribution in [0.3, 0.4) is 0 Å². The average Bonchev–Trinajstić information content (AvgIpc) is 3.09. The van der Waals surface area contributed by atoms with E-state index in [-0.39, 0.29) is 5.91 Å².